The summed E-state index contributed by atoms with van der Waals surface area (Å²) < 4.78 is 7.40. The molecule has 0 radical (unpaired) electrons. The first-order valence-electron chi connectivity index (χ1n) is 9.03. The Kier molecular flexibility index (Phi) is 4.96. The maximum absolute atomic E-state index is 11.9. The van der Waals surface area contributed by atoms with Crippen molar-refractivity contribution in [1.29, 1.82) is 0 Å². The van der Waals surface area contributed by atoms with Gasteiger partial charge in [0.2, 0.25) is 5.95 Å². The molecule has 2 atom stereocenters. The van der Waals surface area contributed by atoms with Crippen LogP contribution in [0.2, 0.25) is 0 Å². The predicted octanol–water partition coefficient (Wildman–Crippen LogP) is 0.567. The zero-order valence-electron chi connectivity index (χ0n) is 16.0. The molecule has 3 aromatic rings. The minimum absolute atomic E-state index is 0.0150. The Bertz CT molecular complexity index is 1050. The summed E-state index contributed by atoms with van der Waals surface area (Å²) in [6.45, 7) is 3.38. The van der Waals surface area contributed by atoms with Crippen LogP contribution in [0.1, 0.15) is 13.8 Å². The average molecular weight is 402 g/mol. The summed E-state index contributed by atoms with van der Waals surface area (Å²) in [6, 6.07) is 9.32. The van der Waals surface area contributed by atoms with Crippen molar-refractivity contribution in [3.8, 4) is 0 Å². The van der Waals surface area contributed by atoms with Crippen LogP contribution < -0.4 is 16.5 Å². The third-order valence-electron chi connectivity index (χ3n) is 4.62. The Morgan fingerprint density at radius 2 is 2.14 bits per heavy atom. The number of H-pyrrole nitrogens is 1. The molecule has 1 aliphatic rings. The number of aromatic nitrogens is 4. The number of ether oxygens (including phenoxy) is 1. The first-order chi connectivity index (χ1) is 13.9. The lowest BCUT2D eigenvalue weighted by Gasteiger charge is -2.27. The fourth-order valence-corrected chi connectivity index (χ4v) is 3.17. The number of aliphatic hydroxyl groups excluding tert-OH is 1. The molecule has 0 bridgehead atoms. The second-order valence-corrected chi connectivity index (χ2v) is 7.17. The van der Waals surface area contributed by atoms with E-state index in [2.05, 4.69) is 15.0 Å². The summed E-state index contributed by atoms with van der Waals surface area (Å²) in [5, 5.41) is 11.2. The van der Waals surface area contributed by atoms with E-state index in [1.54, 1.807) is 0 Å². The number of nitrogens with zero attached hydrogens (tertiary/aromatic N) is 4. The maximum atomic E-state index is 11.9. The molecule has 4 rings (SSSR count). The number of nitrogen functional groups attached to an aromatic ring is 1. The van der Waals surface area contributed by atoms with Gasteiger partial charge in [-0.2, -0.15) is 4.98 Å². The van der Waals surface area contributed by atoms with Gasteiger partial charge < -0.3 is 15.6 Å². The number of aliphatic hydroxyl groups is 1. The van der Waals surface area contributed by atoms with E-state index < -0.39 is 23.4 Å². The molecule has 2 aromatic heterocycles. The number of fused-ring (bicyclic) bond motifs is 1. The van der Waals surface area contributed by atoms with Crippen LogP contribution in [0, 0.1) is 0 Å². The summed E-state index contributed by atoms with van der Waals surface area (Å²) in [5.74, 6) is -0.0184. The van der Waals surface area contributed by atoms with Crippen molar-refractivity contribution in [1.82, 2.24) is 19.5 Å². The standard InChI is InChI=1S/C18H22N6O5/c1-18(2)14(28-24(29-18)11-6-4-3-5-7-11)12(8-25)27-10-23-9-20-13-15(23)21-17(19)22-16(13)26/h3-7,9,12,14,25H,8,10H2,1-2H3,(H3,19,21,22,26)/t12?,14-/m1/s1. The molecule has 0 aliphatic carbocycles. The highest BCUT2D eigenvalue weighted by Crippen LogP contribution is 2.34. The van der Waals surface area contributed by atoms with E-state index in [-0.39, 0.29) is 30.4 Å². The average Bonchev–Trinajstić information content (AvgIpc) is 3.24. The van der Waals surface area contributed by atoms with E-state index >= 15 is 0 Å². The Hall–Kier alpha value is -2.99. The summed E-state index contributed by atoms with van der Waals surface area (Å²) in [4.78, 5) is 34.2. The lowest BCUT2D eigenvalue weighted by atomic mass is 9.97. The van der Waals surface area contributed by atoms with E-state index in [1.807, 2.05) is 44.2 Å². The van der Waals surface area contributed by atoms with E-state index in [1.165, 1.54) is 16.1 Å². The highest BCUT2D eigenvalue weighted by molar-refractivity contribution is 5.70. The Morgan fingerprint density at radius 1 is 1.38 bits per heavy atom. The molecule has 4 N–H and O–H groups in total. The lowest BCUT2D eigenvalue weighted by molar-refractivity contribution is -0.109. The second-order valence-electron chi connectivity index (χ2n) is 7.17. The van der Waals surface area contributed by atoms with Crippen LogP contribution >= 0.6 is 0 Å². The SMILES string of the molecule is CC1(C)ON(c2ccccc2)O[C@@H]1C(CO)OCn1cnc2c(=O)[nH]c(N)nc21. The first-order valence-corrected chi connectivity index (χ1v) is 9.03. The van der Waals surface area contributed by atoms with Crippen LogP contribution in [0.4, 0.5) is 11.6 Å². The number of rotatable bonds is 6. The molecule has 3 heterocycles. The third-order valence-corrected chi connectivity index (χ3v) is 4.62. The molecule has 1 unspecified atom stereocenters. The molecule has 1 aliphatic heterocycles. The summed E-state index contributed by atoms with van der Waals surface area (Å²) in [6.07, 6.45) is 0.119. The quantitative estimate of drug-likeness (QED) is 0.539. The number of aromatic amines is 1. The van der Waals surface area contributed by atoms with Crippen LogP contribution in [0.25, 0.3) is 11.2 Å². The molecule has 11 nitrogen and oxygen atoms in total. The topological polar surface area (TPSA) is 141 Å². The van der Waals surface area contributed by atoms with Gasteiger partial charge in [-0.1, -0.05) is 18.2 Å². The lowest BCUT2D eigenvalue weighted by Crippen LogP contribution is -2.45. The zero-order chi connectivity index (χ0) is 20.6. The van der Waals surface area contributed by atoms with Crippen LogP contribution in [0.15, 0.2) is 41.5 Å². The van der Waals surface area contributed by atoms with Crippen LogP contribution in [-0.2, 0) is 21.1 Å². The Balaban J connectivity index is 1.51. The van der Waals surface area contributed by atoms with Crippen molar-refractivity contribution < 1.29 is 19.5 Å². The number of nitrogens with two attached hydrogens (primary N) is 1. The van der Waals surface area contributed by atoms with E-state index in [9.17, 15) is 9.90 Å². The predicted molar refractivity (Wildman–Crippen MR) is 103 cm³/mol. The molecule has 1 aromatic carbocycles. The fraction of sp³-hybridized carbons (Fsp3) is 0.389. The molecule has 1 fully saturated rings. The van der Waals surface area contributed by atoms with Crippen molar-refractivity contribution in [3.63, 3.8) is 0 Å². The summed E-state index contributed by atoms with van der Waals surface area (Å²) in [5.41, 5.74) is 5.58. The van der Waals surface area contributed by atoms with Crippen LogP contribution in [0.3, 0.4) is 0 Å². The monoisotopic (exact) mass is 402 g/mol. The highest BCUT2D eigenvalue weighted by Gasteiger charge is 2.48. The number of nitrogens with one attached hydrogen (secondary N) is 1. The van der Waals surface area contributed by atoms with Gasteiger partial charge in [0.25, 0.3) is 5.56 Å². The first kappa shape index (κ1) is 19.3. The van der Waals surface area contributed by atoms with Gasteiger partial charge in [0.05, 0.1) is 18.6 Å². The molecule has 0 amide bonds. The molecule has 1 saturated heterocycles. The van der Waals surface area contributed by atoms with Crippen molar-refractivity contribution in [2.24, 2.45) is 0 Å². The Labute approximate surface area is 165 Å². The van der Waals surface area contributed by atoms with Gasteiger partial charge in [-0.3, -0.25) is 14.3 Å². The molecular weight excluding hydrogens is 380 g/mol. The van der Waals surface area contributed by atoms with Gasteiger partial charge in [-0.05, 0) is 26.0 Å². The largest absolute Gasteiger partial charge is 0.394 e. The molecule has 154 valence electrons. The molecule has 0 saturated carbocycles. The Morgan fingerprint density at radius 3 is 2.86 bits per heavy atom. The van der Waals surface area contributed by atoms with Gasteiger partial charge in [-0.15, -0.1) is 5.23 Å². The van der Waals surface area contributed by atoms with Crippen molar-refractivity contribution in [2.45, 2.75) is 38.4 Å². The second kappa shape index (κ2) is 7.44. The number of imidazole rings is 1. The molecule has 29 heavy (non-hydrogen) atoms. The van der Waals surface area contributed by atoms with Gasteiger partial charge in [0, 0.05) is 0 Å². The van der Waals surface area contributed by atoms with Gasteiger partial charge in [0.1, 0.15) is 24.5 Å². The summed E-state index contributed by atoms with van der Waals surface area (Å²) in [7, 11) is 0. The molecule has 11 heteroatoms. The number of para-hydroxylation sites is 1. The number of hydrogen-bond donors (Lipinski definition) is 3. The zero-order valence-corrected chi connectivity index (χ0v) is 16.0. The number of benzene rings is 1. The van der Waals surface area contributed by atoms with Gasteiger partial charge in [0.15, 0.2) is 11.2 Å². The van der Waals surface area contributed by atoms with Crippen molar-refractivity contribution >= 4 is 22.8 Å². The van der Waals surface area contributed by atoms with Gasteiger partial charge >= 0.3 is 0 Å². The van der Waals surface area contributed by atoms with Crippen LogP contribution in [0.5, 0.6) is 0 Å². The van der Waals surface area contributed by atoms with E-state index in [0.29, 0.717) is 0 Å². The molecular formula is C18H22N6O5. The van der Waals surface area contributed by atoms with Crippen molar-refractivity contribution in [2.75, 3.05) is 17.6 Å². The van der Waals surface area contributed by atoms with Crippen LogP contribution in [-0.4, -0.2) is 49.0 Å². The highest BCUT2D eigenvalue weighted by atomic mass is 17.0. The minimum Gasteiger partial charge on any atom is -0.394 e. The van der Waals surface area contributed by atoms with E-state index in [0.717, 1.165) is 5.69 Å². The van der Waals surface area contributed by atoms with E-state index in [4.69, 9.17) is 20.1 Å². The number of hydrogen-bond acceptors (Lipinski definition) is 9. The summed E-state index contributed by atoms with van der Waals surface area (Å²) >= 11 is 0. The number of anilines is 2. The fourth-order valence-electron chi connectivity index (χ4n) is 3.17. The maximum Gasteiger partial charge on any atom is 0.280 e. The van der Waals surface area contributed by atoms with Crippen molar-refractivity contribution in [3.05, 3.63) is 47.0 Å². The molecule has 0 spiro atoms. The smallest absolute Gasteiger partial charge is 0.280 e. The third kappa shape index (κ3) is 3.68. The normalized spacial score (nSPS) is 19.7. The minimum atomic E-state index is -0.764. The van der Waals surface area contributed by atoms with Gasteiger partial charge in [-0.25, -0.2) is 14.7 Å².